The Bertz CT molecular complexity index is 862. The molecule has 0 aliphatic heterocycles. The molecule has 0 bridgehead atoms. The number of fused-ring (bicyclic) bond motifs is 3. The Hall–Kier alpha value is -2.49. The average molecular weight is 282 g/mol. The molecule has 3 N–H and O–H groups in total. The summed E-state index contributed by atoms with van der Waals surface area (Å²) in [6.45, 7) is 6.20. The van der Waals surface area contributed by atoms with Gasteiger partial charge >= 0.3 is 5.97 Å². The van der Waals surface area contributed by atoms with Gasteiger partial charge in [-0.25, -0.2) is 4.79 Å². The van der Waals surface area contributed by atoms with Crippen molar-refractivity contribution in [2.24, 2.45) is 0 Å². The molecule has 0 fully saturated rings. The van der Waals surface area contributed by atoms with Gasteiger partial charge in [0, 0.05) is 27.5 Å². The van der Waals surface area contributed by atoms with Crippen molar-refractivity contribution in [3.8, 4) is 0 Å². The van der Waals surface area contributed by atoms with Crippen molar-refractivity contribution >= 4 is 33.5 Å². The number of H-pyrrole nitrogens is 1. The lowest BCUT2D eigenvalue weighted by molar-refractivity contribution is 0.0526. The summed E-state index contributed by atoms with van der Waals surface area (Å²) in [7, 11) is 0. The maximum absolute atomic E-state index is 11.9. The minimum atomic E-state index is -0.299. The molecular weight excluding hydrogens is 264 g/mol. The van der Waals surface area contributed by atoms with Crippen molar-refractivity contribution in [3.05, 3.63) is 41.0 Å². The molecular formula is C17H18N2O2. The van der Waals surface area contributed by atoms with E-state index >= 15 is 0 Å². The van der Waals surface area contributed by atoms with E-state index in [1.54, 1.807) is 13.0 Å². The van der Waals surface area contributed by atoms with Crippen molar-refractivity contribution in [1.82, 2.24) is 4.98 Å². The zero-order valence-corrected chi connectivity index (χ0v) is 12.4. The van der Waals surface area contributed by atoms with Gasteiger partial charge in [-0.2, -0.15) is 0 Å². The molecule has 0 amide bonds. The van der Waals surface area contributed by atoms with Gasteiger partial charge in [0.15, 0.2) is 0 Å². The molecule has 0 saturated carbocycles. The van der Waals surface area contributed by atoms with Gasteiger partial charge in [0.05, 0.1) is 12.2 Å². The van der Waals surface area contributed by atoms with Crippen LogP contribution in [0.4, 0.5) is 5.69 Å². The topological polar surface area (TPSA) is 68.1 Å². The minimum Gasteiger partial charge on any atom is -0.462 e. The van der Waals surface area contributed by atoms with E-state index in [1.165, 1.54) is 0 Å². The average Bonchev–Trinajstić information content (AvgIpc) is 2.84. The molecule has 21 heavy (non-hydrogen) atoms. The number of nitrogens with two attached hydrogens (primary N) is 1. The van der Waals surface area contributed by atoms with Crippen molar-refractivity contribution in [3.63, 3.8) is 0 Å². The Morgan fingerprint density at radius 1 is 1.29 bits per heavy atom. The number of aromatic nitrogens is 1. The molecule has 0 aliphatic rings. The van der Waals surface area contributed by atoms with E-state index in [0.29, 0.717) is 12.2 Å². The standard InChI is InChI=1S/C17H18N2O2/c1-4-21-17(20)11-5-6-14-12(8-11)15-10(3)13(18)7-9(2)16(15)19-14/h5-8,19H,4,18H2,1-3H3. The molecule has 2 aromatic carbocycles. The number of esters is 1. The van der Waals surface area contributed by atoms with Crippen molar-refractivity contribution < 1.29 is 9.53 Å². The Morgan fingerprint density at radius 3 is 2.76 bits per heavy atom. The smallest absolute Gasteiger partial charge is 0.338 e. The van der Waals surface area contributed by atoms with E-state index < -0.39 is 0 Å². The van der Waals surface area contributed by atoms with E-state index in [2.05, 4.69) is 4.98 Å². The van der Waals surface area contributed by atoms with Gasteiger partial charge in [-0.1, -0.05) is 0 Å². The van der Waals surface area contributed by atoms with Crippen molar-refractivity contribution in [2.45, 2.75) is 20.8 Å². The summed E-state index contributed by atoms with van der Waals surface area (Å²) < 4.78 is 5.07. The highest BCUT2D eigenvalue weighted by Crippen LogP contribution is 2.33. The molecule has 0 radical (unpaired) electrons. The number of nitrogens with one attached hydrogen (secondary N) is 1. The molecule has 1 heterocycles. The molecule has 1 aromatic heterocycles. The molecule has 0 unspecified atom stereocenters. The van der Waals surface area contributed by atoms with Crippen LogP contribution >= 0.6 is 0 Å². The van der Waals surface area contributed by atoms with E-state index in [1.807, 2.05) is 32.0 Å². The van der Waals surface area contributed by atoms with Crippen LogP contribution in [0.5, 0.6) is 0 Å². The highest BCUT2D eigenvalue weighted by molar-refractivity contribution is 6.12. The van der Waals surface area contributed by atoms with Crippen LogP contribution in [0.25, 0.3) is 21.8 Å². The minimum absolute atomic E-state index is 0.299. The Morgan fingerprint density at radius 2 is 2.05 bits per heavy atom. The fraction of sp³-hybridized carbons (Fsp3) is 0.235. The normalized spacial score (nSPS) is 11.2. The first-order valence-corrected chi connectivity index (χ1v) is 7.01. The second-order valence-corrected chi connectivity index (χ2v) is 5.26. The number of carbonyl (C=O) groups excluding carboxylic acids is 1. The highest BCUT2D eigenvalue weighted by Gasteiger charge is 2.14. The second-order valence-electron chi connectivity index (χ2n) is 5.26. The number of ether oxygens (including phenoxy) is 1. The lowest BCUT2D eigenvalue weighted by atomic mass is 10.0. The van der Waals surface area contributed by atoms with Gasteiger partial charge in [0.2, 0.25) is 0 Å². The monoisotopic (exact) mass is 282 g/mol. The molecule has 0 atom stereocenters. The van der Waals surface area contributed by atoms with Crippen LogP contribution < -0.4 is 5.73 Å². The third-order valence-corrected chi connectivity index (χ3v) is 3.88. The number of nitrogen functional groups attached to an aromatic ring is 1. The molecule has 0 aliphatic carbocycles. The second kappa shape index (κ2) is 4.81. The zero-order valence-electron chi connectivity index (χ0n) is 12.4. The molecule has 0 saturated heterocycles. The molecule has 0 spiro atoms. The summed E-state index contributed by atoms with van der Waals surface area (Å²) in [4.78, 5) is 15.3. The first-order valence-electron chi connectivity index (χ1n) is 7.01. The van der Waals surface area contributed by atoms with E-state index in [0.717, 1.165) is 38.6 Å². The molecule has 4 heteroatoms. The number of rotatable bonds is 2. The fourth-order valence-corrected chi connectivity index (χ4v) is 2.78. The lowest BCUT2D eigenvalue weighted by Gasteiger charge is -2.06. The van der Waals surface area contributed by atoms with Crippen molar-refractivity contribution in [2.75, 3.05) is 12.3 Å². The van der Waals surface area contributed by atoms with Crippen LogP contribution in [0.1, 0.15) is 28.4 Å². The SMILES string of the molecule is CCOC(=O)c1ccc2[nH]c3c(C)cc(N)c(C)c3c2c1. The van der Waals surface area contributed by atoms with Crippen molar-refractivity contribution in [1.29, 1.82) is 0 Å². The number of carbonyl (C=O) groups is 1. The third-order valence-electron chi connectivity index (χ3n) is 3.88. The van der Waals surface area contributed by atoms with E-state index in [4.69, 9.17) is 10.5 Å². The lowest BCUT2D eigenvalue weighted by Crippen LogP contribution is -2.04. The van der Waals surface area contributed by atoms with Gasteiger partial charge in [-0.15, -0.1) is 0 Å². The number of aromatic amines is 1. The molecule has 3 aromatic rings. The number of hydrogen-bond acceptors (Lipinski definition) is 3. The molecule has 4 nitrogen and oxygen atoms in total. The van der Waals surface area contributed by atoms with Crippen LogP contribution in [-0.4, -0.2) is 17.6 Å². The van der Waals surface area contributed by atoms with Crippen LogP contribution in [0.2, 0.25) is 0 Å². The van der Waals surface area contributed by atoms with Crippen LogP contribution in [0.3, 0.4) is 0 Å². The Kier molecular flexibility index (Phi) is 3.09. The summed E-state index contributed by atoms with van der Waals surface area (Å²) in [5.41, 5.74) is 11.6. The highest BCUT2D eigenvalue weighted by atomic mass is 16.5. The summed E-state index contributed by atoms with van der Waals surface area (Å²) >= 11 is 0. The van der Waals surface area contributed by atoms with Gasteiger partial charge in [-0.05, 0) is 56.2 Å². The summed E-state index contributed by atoms with van der Waals surface area (Å²) in [5, 5.41) is 2.08. The maximum atomic E-state index is 11.9. The van der Waals surface area contributed by atoms with E-state index in [9.17, 15) is 4.79 Å². The Balaban J connectivity index is 2.34. The zero-order chi connectivity index (χ0) is 15.1. The van der Waals surface area contributed by atoms with Crippen LogP contribution in [0.15, 0.2) is 24.3 Å². The largest absolute Gasteiger partial charge is 0.462 e. The summed E-state index contributed by atoms with van der Waals surface area (Å²) in [6.07, 6.45) is 0. The number of anilines is 1. The number of benzene rings is 2. The fourth-order valence-electron chi connectivity index (χ4n) is 2.78. The molecule has 3 rings (SSSR count). The predicted octanol–water partition coefficient (Wildman–Crippen LogP) is 3.70. The quantitative estimate of drug-likeness (QED) is 0.556. The first-order chi connectivity index (χ1) is 10.0. The van der Waals surface area contributed by atoms with E-state index in [-0.39, 0.29) is 5.97 Å². The number of aryl methyl sites for hydroxylation is 2. The maximum Gasteiger partial charge on any atom is 0.338 e. The van der Waals surface area contributed by atoms with Gasteiger partial charge < -0.3 is 15.5 Å². The van der Waals surface area contributed by atoms with Crippen LogP contribution in [0, 0.1) is 13.8 Å². The van der Waals surface area contributed by atoms with Gasteiger partial charge in [-0.3, -0.25) is 0 Å². The third kappa shape index (κ3) is 2.03. The van der Waals surface area contributed by atoms with Gasteiger partial charge in [0.1, 0.15) is 0 Å². The molecule has 108 valence electrons. The Labute approximate surface area is 122 Å². The summed E-state index contributed by atoms with van der Waals surface area (Å²) in [5.74, 6) is -0.299. The predicted molar refractivity (Wildman–Crippen MR) is 85.6 cm³/mol. The van der Waals surface area contributed by atoms with Crippen LogP contribution in [-0.2, 0) is 4.74 Å². The first kappa shape index (κ1) is 13.5. The summed E-state index contributed by atoms with van der Waals surface area (Å²) in [6, 6.07) is 7.54. The van der Waals surface area contributed by atoms with Gasteiger partial charge in [0.25, 0.3) is 0 Å². The number of hydrogen-bond donors (Lipinski definition) is 2.